The van der Waals surface area contributed by atoms with Crippen LogP contribution in [-0.4, -0.2) is 9.13 Å². The first kappa shape index (κ1) is 19.4. The maximum atomic E-state index is 13.5. The molecule has 0 saturated heterocycles. The van der Waals surface area contributed by atoms with Gasteiger partial charge in [0.05, 0.1) is 12.1 Å². The number of hydrogen-bond acceptors (Lipinski definition) is 3. The Labute approximate surface area is 169 Å². The Balaban J connectivity index is 1.71. The Hall–Kier alpha value is -3.92. The highest BCUT2D eigenvalue weighted by Crippen LogP contribution is 2.14. The summed E-state index contributed by atoms with van der Waals surface area (Å²) in [6.45, 7) is -0.214. The molecule has 0 amide bonds. The Morgan fingerprint density at radius 1 is 0.967 bits per heavy atom. The monoisotopic (exact) mass is 406 g/mol. The van der Waals surface area contributed by atoms with Gasteiger partial charge >= 0.3 is 5.69 Å². The summed E-state index contributed by atoms with van der Waals surface area (Å²) in [5.41, 5.74) is 0.360. The predicted octanol–water partition coefficient (Wildman–Crippen LogP) is 3.21. The minimum absolute atomic E-state index is 0.0244. The number of fused-ring (bicyclic) bond motifs is 1. The Kier molecular flexibility index (Phi) is 5.07. The van der Waals surface area contributed by atoms with Crippen LogP contribution in [0, 0.1) is 23.5 Å². The lowest BCUT2D eigenvalue weighted by molar-refractivity contribution is 0.505. The van der Waals surface area contributed by atoms with E-state index in [9.17, 15) is 18.4 Å². The number of furan rings is 1. The van der Waals surface area contributed by atoms with Crippen LogP contribution in [0.1, 0.15) is 16.9 Å². The molecule has 0 radical (unpaired) electrons. The quantitative estimate of drug-likeness (QED) is 0.491. The molecule has 0 fully saturated rings. The molecular formula is C23H16F2N2O3. The third-order valence-electron chi connectivity index (χ3n) is 4.70. The van der Waals surface area contributed by atoms with Crippen molar-refractivity contribution < 1.29 is 13.2 Å². The van der Waals surface area contributed by atoms with E-state index in [0.717, 1.165) is 22.3 Å². The standard InChI is InChI=1S/C23H16F2N2O3/c1-26-20-13-17(9-5-8-15-6-3-2-4-7-15)30-21(20)22(28)27(23(26)29)14-16-10-11-18(24)19(25)12-16/h2-4,6-7,10-13H,8,14H2,1H3. The molecule has 2 heterocycles. The second kappa shape index (κ2) is 7.84. The topological polar surface area (TPSA) is 57.1 Å². The zero-order chi connectivity index (χ0) is 21.3. The number of hydrogen-bond donors (Lipinski definition) is 0. The third kappa shape index (κ3) is 3.67. The summed E-state index contributed by atoms with van der Waals surface area (Å²) in [7, 11) is 1.50. The molecule has 7 heteroatoms. The molecule has 4 aromatic rings. The maximum absolute atomic E-state index is 13.5. The van der Waals surface area contributed by atoms with Gasteiger partial charge in [0.25, 0.3) is 5.56 Å². The zero-order valence-electron chi connectivity index (χ0n) is 16.0. The largest absolute Gasteiger partial charge is 0.440 e. The number of halogens is 2. The summed E-state index contributed by atoms with van der Waals surface area (Å²) in [6.07, 6.45) is 0.511. The van der Waals surface area contributed by atoms with Crippen molar-refractivity contribution in [2.45, 2.75) is 13.0 Å². The smallest absolute Gasteiger partial charge is 0.331 e. The summed E-state index contributed by atoms with van der Waals surface area (Å²) >= 11 is 0. The van der Waals surface area contributed by atoms with Crippen LogP contribution >= 0.6 is 0 Å². The van der Waals surface area contributed by atoms with E-state index in [1.807, 2.05) is 30.3 Å². The molecule has 0 atom stereocenters. The third-order valence-corrected chi connectivity index (χ3v) is 4.70. The van der Waals surface area contributed by atoms with Gasteiger partial charge in [0.15, 0.2) is 17.4 Å². The summed E-state index contributed by atoms with van der Waals surface area (Å²) < 4.78 is 34.4. The minimum Gasteiger partial charge on any atom is -0.440 e. The van der Waals surface area contributed by atoms with Gasteiger partial charge in [-0.25, -0.2) is 13.6 Å². The Morgan fingerprint density at radius 3 is 2.47 bits per heavy atom. The molecule has 30 heavy (non-hydrogen) atoms. The van der Waals surface area contributed by atoms with Gasteiger partial charge in [-0.05, 0) is 29.2 Å². The summed E-state index contributed by atoms with van der Waals surface area (Å²) in [5, 5.41) is 0. The molecule has 2 aromatic heterocycles. The molecule has 0 N–H and O–H groups in total. The van der Waals surface area contributed by atoms with E-state index in [2.05, 4.69) is 11.8 Å². The van der Waals surface area contributed by atoms with Crippen LogP contribution < -0.4 is 11.2 Å². The molecule has 5 nitrogen and oxygen atoms in total. The van der Waals surface area contributed by atoms with Crippen molar-refractivity contribution in [1.82, 2.24) is 9.13 Å². The van der Waals surface area contributed by atoms with Crippen LogP contribution in [0.4, 0.5) is 8.78 Å². The lowest BCUT2D eigenvalue weighted by atomic mass is 10.1. The van der Waals surface area contributed by atoms with E-state index in [-0.39, 0.29) is 23.5 Å². The second-order valence-electron chi connectivity index (χ2n) is 6.77. The normalized spacial score (nSPS) is 10.8. The van der Waals surface area contributed by atoms with Gasteiger partial charge in [-0.1, -0.05) is 42.3 Å². The first-order valence-corrected chi connectivity index (χ1v) is 9.14. The van der Waals surface area contributed by atoms with Crippen LogP contribution in [0.2, 0.25) is 0 Å². The lowest BCUT2D eigenvalue weighted by Gasteiger charge is -2.08. The first-order chi connectivity index (χ1) is 14.4. The number of aryl methyl sites for hydroxylation is 1. The fourth-order valence-corrected chi connectivity index (χ4v) is 3.13. The van der Waals surface area contributed by atoms with Gasteiger partial charge in [0, 0.05) is 19.5 Å². The van der Waals surface area contributed by atoms with E-state index in [1.165, 1.54) is 23.7 Å². The molecule has 150 valence electrons. The van der Waals surface area contributed by atoms with Gasteiger partial charge in [-0.15, -0.1) is 0 Å². The molecule has 0 bridgehead atoms. The van der Waals surface area contributed by atoms with Crippen molar-refractivity contribution >= 4 is 11.1 Å². The van der Waals surface area contributed by atoms with Gasteiger partial charge < -0.3 is 4.42 Å². The number of benzene rings is 2. The van der Waals surface area contributed by atoms with Crippen LogP contribution in [-0.2, 0) is 20.0 Å². The van der Waals surface area contributed by atoms with E-state index >= 15 is 0 Å². The molecule has 2 aromatic carbocycles. The SMILES string of the molecule is Cn1c(=O)n(Cc2ccc(F)c(F)c2)c(=O)c2oc(C#CCc3ccccc3)cc21. The predicted molar refractivity (Wildman–Crippen MR) is 108 cm³/mol. The van der Waals surface area contributed by atoms with E-state index in [1.54, 1.807) is 0 Å². The van der Waals surface area contributed by atoms with Crippen LogP contribution in [0.15, 0.2) is 68.6 Å². The molecule has 0 aliphatic carbocycles. The highest BCUT2D eigenvalue weighted by atomic mass is 19.2. The number of nitrogens with zero attached hydrogens (tertiary/aromatic N) is 2. The molecular weight excluding hydrogens is 390 g/mol. The summed E-state index contributed by atoms with van der Waals surface area (Å²) in [6, 6.07) is 14.4. The molecule has 0 aliphatic heterocycles. The van der Waals surface area contributed by atoms with Crippen molar-refractivity contribution in [3.63, 3.8) is 0 Å². The summed E-state index contributed by atoms with van der Waals surface area (Å²) in [5.74, 6) is 4.06. The van der Waals surface area contributed by atoms with Crippen molar-refractivity contribution in [2.24, 2.45) is 7.05 Å². The lowest BCUT2D eigenvalue weighted by Crippen LogP contribution is -2.39. The highest BCUT2D eigenvalue weighted by Gasteiger charge is 2.16. The average molecular weight is 406 g/mol. The summed E-state index contributed by atoms with van der Waals surface area (Å²) in [4.78, 5) is 25.5. The van der Waals surface area contributed by atoms with Gasteiger partial charge in [-0.2, -0.15) is 0 Å². The first-order valence-electron chi connectivity index (χ1n) is 9.14. The van der Waals surface area contributed by atoms with Crippen molar-refractivity contribution in [3.05, 3.63) is 104 Å². The highest BCUT2D eigenvalue weighted by molar-refractivity contribution is 5.73. The molecule has 0 saturated carbocycles. The van der Waals surface area contributed by atoms with Crippen LogP contribution in [0.5, 0.6) is 0 Å². The van der Waals surface area contributed by atoms with Gasteiger partial charge in [-0.3, -0.25) is 13.9 Å². The fourth-order valence-electron chi connectivity index (χ4n) is 3.13. The van der Waals surface area contributed by atoms with Crippen molar-refractivity contribution in [2.75, 3.05) is 0 Å². The van der Waals surface area contributed by atoms with E-state index < -0.39 is 22.9 Å². The molecule has 0 spiro atoms. The Bertz CT molecular complexity index is 1420. The number of rotatable bonds is 3. The van der Waals surface area contributed by atoms with Gasteiger partial charge in [0.2, 0.25) is 5.58 Å². The maximum Gasteiger partial charge on any atom is 0.331 e. The molecule has 4 rings (SSSR count). The average Bonchev–Trinajstić information content (AvgIpc) is 3.17. The van der Waals surface area contributed by atoms with Crippen LogP contribution in [0.3, 0.4) is 0 Å². The molecule has 0 unspecified atom stereocenters. The van der Waals surface area contributed by atoms with E-state index in [4.69, 9.17) is 4.42 Å². The van der Waals surface area contributed by atoms with Crippen LogP contribution in [0.25, 0.3) is 11.1 Å². The Morgan fingerprint density at radius 2 is 1.73 bits per heavy atom. The van der Waals surface area contributed by atoms with Gasteiger partial charge in [0.1, 0.15) is 0 Å². The minimum atomic E-state index is -1.05. The molecule has 0 aliphatic rings. The zero-order valence-corrected chi connectivity index (χ0v) is 16.0. The fraction of sp³-hybridized carbons (Fsp3) is 0.130. The van der Waals surface area contributed by atoms with Crippen molar-refractivity contribution in [1.29, 1.82) is 0 Å². The second-order valence-corrected chi connectivity index (χ2v) is 6.77. The van der Waals surface area contributed by atoms with E-state index in [0.29, 0.717) is 11.9 Å². The number of aromatic nitrogens is 2. The van der Waals surface area contributed by atoms with Crippen molar-refractivity contribution in [3.8, 4) is 11.8 Å².